The highest BCUT2D eigenvalue weighted by Gasteiger charge is 2.29. The zero-order chi connectivity index (χ0) is 23.7. The fraction of sp³-hybridized carbons (Fsp3) is 0.391. The molecule has 0 aliphatic rings. The molecule has 1 N–H and O–H groups in total. The van der Waals surface area contributed by atoms with Gasteiger partial charge in [-0.1, -0.05) is 53.2 Å². The fourth-order valence-electron chi connectivity index (χ4n) is 3.19. The fourth-order valence-corrected chi connectivity index (χ4v) is 4.30. The van der Waals surface area contributed by atoms with E-state index < -0.39 is 22.0 Å². The van der Waals surface area contributed by atoms with Gasteiger partial charge in [-0.25, -0.2) is 8.42 Å². The van der Waals surface area contributed by atoms with Gasteiger partial charge in [0.2, 0.25) is 21.8 Å². The number of anilines is 1. The summed E-state index contributed by atoms with van der Waals surface area (Å²) in [6.07, 6.45) is 2.39. The number of nitrogens with one attached hydrogen (secondary N) is 1. The Hall–Kier alpha value is -2.39. The Morgan fingerprint density at radius 2 is 1.69 bits per heavy atom. The summed E-state index contributed by atoms with van der Waals surface area (Å²) < 4.78 is 26.8. The van der Waals surface area contributed by atoms with Gasteiger partial charge in [0.1, 0.15) is 12.6 Å². The van der Waals surface area contributed by atoms with Gasteiger partial charge >= 0.3 is 0 Å². The first-order chi connectivity index (χ1) is 15.1. The Kier molecular flexibility index (Phi) is 9.71. The highest BCUT2D eigenvalue weighted by molar-refractivity contribution is 9.10. The second-order valence-corrected chi connectivity index (χ2v) is 10.4. The number of sulfonamides is 1. The van der Waals surface area contributed by atoms with Crippen molar-refractivity contribution in [2.24, 2.45) is 0 Å². The summed E-state index contributed by atoms with van der Waals surface area (Å²) in [5.74, 6) is -0.698. The third-order valence-electron chi connectivity index (χ3n) is 4.99. The van der Waals surface area contributed by atoms with Crippen LogP contribution in [0.2, 0.25) is 0 Å². The van der Waals surface area contributed by atoms with Gasteiger partial charge in [0.15, 0.2) is 0 Å². The molecular formula is C23H30BrN3O4S. The first-order valence-corrected chi connectivity index (χ1v) is 13.1. The number of amides is 2. The van der Waals surface area contributed by atoms with Crippen LogP contribution in [0.15, 0.2) is 59.1 Å². The van der Waals surface area contributed by atoms with Gasteiger partial charge in [-0.3, -0.25) is 13.9 Å². The summed E-state index contributed by atoms with van der Waals surface area (Å²) in [6.45, 7) is 4.03. The van der Waals surface area contributed by atoms with Gasteiger partial charge in [0.05, 0.1) is 11.9 Å². The van der Waals surface area contributed by atoms with Gasteiger partial charge in [0.25, 0.3) is 0 Å². The van der Waals surface area contributed by atoms with Crippen LogP contribution in [-0.2, 0) is 26.0 Å². The maximum absolute atomic E-state index is 13.3. The van der Waals surface area contributed by atoms with Crippen LogP contribution < -0.4 is 9.62 Å². The quantitative estimate of drug-likeness (QED) is 0.489. The van der Waals surface area contributed by atoms with E-state index in [9.17, 15) is 18.0 Å². The summed E-state index contributed by atoms with van der Waals surface area (Å²) in [5, 5.41) is 2.82. The smallest absolute Gasteiger partial charge is 0.244 e. The first kappa shape index (κ1) is 25.9. The average molecular weight is 524 g/mol. The van der Waals surface area contributed by atoms with Crippen molar-refractivity contribution in [3.63, 3.8) is 0 Å². The number of halogens is 1. The number of rotatable bonds is 11. The van der Waals surface area contributed by atoms with E-state index in [4.69, 9.17) is 0 Å². The molecule has 0 spiro atoms. The van der Waals surface area contributed by atoms with Crippen molar-refractivity contribution in [2.45, 2.75) is 32.7 Å². The number of nitrogens with zero attached hydrogens (tertiary/aromatic N) is 2. The molecule has 0 aliphatic heterocycles. The largest absolute Gasteiger partial charge is 0.354 e. The van der Waals surface area contributed by atoms with Crippen LogP contribution in [-0.4, -0.2) is 57.1 Å². The van der Waals surface area contributed by atoms with Crippen LogP contribution >= 0.6 is 15.9 Å². The van der Waals surface area contributed by atoms with Crippen LogP contribution in [0.1, 0.15) is 25.8 Å². The SMILES string of the molecule is CCCNC(=O)[C@H](C)N(CCc1ccccc1)C(=O)CN(c1ccc(Br)cc1)S(C)(=O)=O. The summed E-state index contributed by atoms with van der Waals surface area (Å²) in [4.78, 5) is 27.4. The molecule has 9 heteroatoms. The molecule has 0 aromatic heterocycles. The first-order valence-electron chi connectivity index (χ1n) is 10.5. The van der Waals surface area contributed by atoms with E-state index in [0.717, 1.165) is 27.0 Å². The topological polar surface area (TPSA) is 86.8 Å². The standard InChI is InChI=1S/C23H30BrN3O4S/c1-4-15-25-23(29)18(2)26(16-14-19-8-6-5-7-9-19)22(28)17-27(32(3,30)31)21-12-10-20(24)11-13-21/h5-13,18H,4,14-17H2,1-3H3,(H,25,29)/t18-/m0/s1. The van der Waals surface area contributed by atoms with E-state index in [1.807, 2.05) is 37.3 Å². The molecule has 32 heavy (non-hydrogen) atoms. The number of carbonyl (C=O) groups is 2. The van der Waals surface area contributed by atoms with Crippen LogP contribution in [0.5, 0.6) is 0 Å². The predicted octanol–water partition coefficient (Wildman–Crippen LogP) is 3.20. The Balaban J connectivity index is 2.27. The minimum absolute atomic E-state index is 0.261. The predicted molar refractivity (Wildman–Crippen MR) is 131 cm³/mol. The lowest BCUT2D eigenvalue weighted by Gasteiger charge is -2.31. The minimum Gasteiger partial charge on any atom is -0.354 e. The van der Waals surface area contributed by atoms with E-state index in [2.05, 4.69) is 21.2 Å². The maximum atomic E-state index is 13.3. The molecule has 0 bridgehead atoms. The Bertz CT molecular complexity index is 998. The number of carbonyl (C=O) groups excluding carboxylic acids is 2. The molecular weight excluding hydrogens is 494 g/mol. The lowest BCUT2D eigenvalue weighted by molar-refractivity contribution is -0.138. The molecule has 0 fully saturated rings. The normalized spacial score (nSPS) is 12.1. The molecule has 2 aromatic carbocycles. The Morgan fingerprint density at radius 1 is 1.06 bits per heavy atom. The van der Waals surface area contributed by atoms with Crippen LogP contribution in [0, 0.1) is 0 Å². The zero-order valence-corrected chi connectivity index (χ0v) is 21.0. The summed E-state index contributed by atoms with van der Waals surface area (Å²) >= 11 is 3.33. The van der Waals surface area contributed by atoms with E-state index in [1.54, 1.807) is 31.2 Å². The highest BCUT2D eigenvalue weighted by Crippen LogP contribution is 2.21. The monoisotopic (exact) mass is 523 g/mol. The lowest BCUT2D eigenvalue weighted by atomic mass is 10.1. The van der Waals surface area contributed by atoms with Crippen molar-refractivity contribution >= 4 is 43.5 Å². The van der Waals surface area contributed by atoms with Crippen molar-refractivity contribution in [1.29, 1.82) is 0 Å². The van der Waals surface area contributed by atoms with E-state index in [-0.39, 0.29) is 12.5 Å². The molecule has 0 heterocycles. The molecule has 2 rings (SSSR count). The van der Waals surface area contributed by atoms with Crippen molar-refractivity contribution in [3.8, 4) is 0 Å². The van der Waals surface area contributed by atoms with Gasteiger partial charge in [-0.2, -0.15) is 0 Å². The van der Waals surface area contributed by atoms with Crippen molar-refractivity contribution < 1.29 is 18.0 Å². The Labute approximate surface area is 199 Å². The molecule has 0 aliphatic carbocycles. The molecule has 0 unspecified atom stereocenters. The van der Waals surface area contributed by atoms with E-state index in [1.165, 1.54) is 4.90 Å². The van der Waals surface area contributed by atoms with Crippen molar-refractivity contribution in [1.82, 2.24) is 10.2 Å². The molecule has 1 atom stereocenters. The molecule has 2 amide bonds. The second-order valence-electron chi connectivity index (χ2n) is 7.54. The maximum Gasteiger partial charge on any atom is 0.244 e. The van der Waals surface area contributed by atoms with Gasteiger partial charge in [0, 0.05) is 17.6 Å². The summed E-state index contributed by atoms with van der Waals surface area (Å²) in [6, 6.07) is 15.6. The lowest BCUT2D eigenvalue weighted by Crippen LogP contribution is -2.52. The van der Waals surface area contributed by atoms with Crippen molar-refractivity contribution in [2.75, 3.05) is 30.2 Å². The Morgan fingerprint density at radius 3 is 2.25 bits per heavy atom. The van der Waals surface area contributed by atoms with Crippen LogP contribution in [0.3, 0.4) is 0 Å². The molecule has 7 nitrogen and oxygen atoms in total. The second kappa shape index (κ2) is 12.0. The van der Waals surface area contributed by atoms with E-state index in [0.29, 0.717) is 25.2 Å². The molecule has 2 aromatic rings. The average Bonchev–Trinajstić information content (AvgIpc) is 2.76. The number of hydrogen-bond acceptors (Lipinski definition) is 4. The molecule has 0 saturated carbocycles. The van der Waals surface area contributed by atoms with Gasteiger partial charge in [-0.05, 0) is 49.6 Å². The van der Waals surface area contributed by atoms with Crippen molar-refractivity contribution in [3.05, 3.63) is 64.6 Å². The minimum atomic E-state index is -3.72. The highest BCUT2D eigenvalue weighted by atomic mass is 79.9. The number of benzene rings is 2. The molecule has 174 valence electrons. The third-order valence-corrected chi connectivity index (χ3v) is 6.66. The summed E-state index contributed by atoms with van der Waals surface area (Å²) in [7, 11) is -3.72. The van der Waals surface area contributed by atoms with Gasteiger partial charge < -0.3 is 10.2 Å². The molecule has 0 saturated heterocycles. The van der Waals surface area contributed by atoms with Crippen LogP contribution in [0.25, 0.3) is 0 Å². The summed E-state index contributed by atoms with van der Waals surface area (Å²) in [5.41, 5.74) is 1.41. The van der Waals surface area contributed by atoms with Crippen LogP contribution in [0.4, 0.5) is 5.69 Å². The third kappa shape index (κ3) is 7.63. The van der Waals surface area contributed by atoms with E-state index >= 15 is 0 Å². The van der Waals surface area contributed by atoms with Gasteiger partial charge in [-0.15, -0.1) is 0 Å². The number of hydrogen-bond donors (Lipinski definition) is 1. The zero-order valence-electron chi connectivity index (χ0n) is 18.6. The molecule has 0 radical (unpaired) electrons.